The summed E-state index contributed by atoms with van der Waals surface area (Å²) >= 11 is 0. The Bertz CT molecular complexity index is 791. The molecular weight excluding hydrogens is 342 g/mol. The average Bonchev–Trinajstić information content (AvgIpc) is 3.39. The Morgan fingerprint density at radius 3 is 2.56 bits per heavy atom. The van der Waals surface area contributed by atoms with Gasteiger partial charge < -0.3 is 19.5 Å². The summed E-state index contributed by atoms with van der Waals surface area (Å²) in [5.41, 5.74) is 0.720. The maximum Gasteiger partial charge on any atom is 0.254 e. The number of pyridine rings is 1. The molecule has 4 heterocycles. The van der Waals surface area contributed by atoms with Crippen LogP contribution in [0.4, 0.5) is 5.82 Å². The number of piperidine rings is 1. The normalized spacial score (nSPS) is 19.5. The molecule has 0 bridgehead atoms. The van der Waals surface area contributed by atoms with Crippen LogP contribution in [0.1, 0.15) is 48.0 Å². The maximum absolute atomic E-state index is 12.6. The van der Waals surface area contributed by atoms with Gasteiger partial charge in [0, 0.05) is 57.4 Å². The highest BCUT2D eigenvalue weighted by molar-refractivity contribution is 5.95. The number of aryl methyl sites for hydroxylation is 1. The van der Waals surface area contributed by atoms with E-state index in [4.69, 9.17) is 0 Å². The summed E-state index contributed by atoms with van der Waals surface area (Å²) < 4.78 is 1.88. The second-order valence-electron chi connectivity index (χ2n) is 7.57. The number of nitrogens with zero attached hydrogens (tertiary/aromatic N) is 5. The van der Waals surface area contributed by atoms with E-state index in [2.05, 4.69) is 14.9 Å². The molecule has 2 aromatic rings. The number of carbonyl (C=O) groups is 1. The first-order chi connectivity index (χ1) is 13.1. The first-order valence-corrected chi connectivity index (χ1v) is 9.79. The number of hydrogen-bond acceptors (Lipinski definition) is 5. The molecule has 2 saturated heterocycles. The van der Waals surface area contributed by atoms with Crippen molar-refractivity contribution in [1.82, 2.24) is 19.4 Å². The van der Waals surface area contributed by atoms with Gasteiger partial charge in [0.05, 0.1) is 0 Å². The molecule has 1 unspecified atom stereocenters. The first-order valence-electron chi connectivity index (χ1n) is 9.79. The van der Waals surface area contributed by atoms with Crippen molar-refractivity contribution in [2.45, 2.75) is 31.8 Å². The van der Waals surface area contributed by atoms with Gasteiger partial charge in [-0.2, -0.15) is 0 Å². The minimum Gasteiger partial charge on any atom is -0.385 e. The van der Waals surface area contributed by atoms with Crippen LogP contribution >= 0.6 is 0 Å². The highest BCUT2D eigenvalue weighted by atomic mass is 16.3. The lowest BCUT2D eigenvalue weighted by molar-refractivity contribution is 0.0792. The van der Waals surface area contributed by atoms with Crippen LogP contribution < -0.4 is 4.90 Å². The lowest BCUT2D eigenvalue weighted by atomic mass is 9.90. The third-order valence-corrected chi connectivity index (χ3v) is 5.82. The van der Waals surface area contributed by atoms with Gasteiger partial charge in [0.2, 0.25) is 0 Å². The molecule has 0 aromatic carbocycles. The van der Waals surface area contributed by atoms with Crippen LogP contribution in [0.15, 0.2) is 30.7 Å². The summed E-state index contributed by atoms with van der Waals surface area (Å²) in [5.74, 6) is 1.88. The van der Waals surface area contributed by atoms with Gasteiger partial charge in [0.15, 0.2) is 0 Å². The zero-order valence-electron chi connectivity index (χ0n) is 15.8. The number of imidazole rings is 1. The predicted molar refractivity (Wildman–Crippen MR) is 102 cm³/mol. The Labute approximate surface area is 159 Å². The molecule has 4 rings (SSSR count). The maximum atomic E-state index is 12.6. The van der Waals surface area contributed by atoms with E-state index in [1.807, 2.05) is 34.8 Å². The topological polar surface area (TPSA) is 74.5 Å². The van der Waals surface area contributed by atoms with Crippen molar-refractivity contribution in [3.8, 4) is 0 Å². The van der Waals surface area contributed by atoms with Crippen LogP contribution in [0.3, 0.4) is 0 Å². The monoisotopic (exact) mass is 369 g/mol. The Kier molecular flexibility index (Phi) is 5.11. The van der Waals surface area contributed by atoms with Crippen molar-refractivity contribution in [2.75, 3.05) is 31.1 Å². The molecule has 144 valence electrons. The summed E-state index contributed by atoms with van der Waals surface area (Å²) in [6, 6.07) is 3.72. The van der Waals surface area contributed by atoms with Gasteiger partial charge in [0.1, 0.15) is 17.7 Å². The number of rotatable bonds is 4. The lowest BCUT2D eigenvalue weighted by Gasteiger charge is -2.34. The number of likely N-dealkylation sites (tertiary alicyclic amines) is 1. The van der Waals surface area contributed by atoms with Gasteiger partial charge in [-0.15, -0.1) is 0 Å². The van der Waals surface area contributed by atoms with Crippen LogP contribution in [0.25, 0.3) is 0 Å². The van der Waals surface area contributed by atoms with Gasteiger partial charge in [0.25, 0.3) is 5.91 Å². The number of amides is 1. The van der Waals surface area contributed by atoms with E-state index in [1.165, 1.54) is 0 Å². The second kappa shape index (κ2) is 7.68. The van der Waals surface area contributed by atoms with Crippen molar-refractivity contribution >= 4 is 11.7 Å². The zero-order valence-corrected chi connectivity index (χ0v) is 15.8. The van der Waals surface area contributed by atoms with Crippen molar-refractivity contribution in [3.05, 3.63) is 42.1 Å². The standard InChI is InChI=1S/C20H27N5O2/c1-23-13-8-22-19(23)18(26)15-5-11-24(12-6-15)17-14-16(4-7-21-17)20(27)25-9-2-3-10-25/h4,7-8,13-15,18,26H,2-3,5-6,9-12H2,1H3. The van der Waals surface area contributed by atoms with Gasteiger partial charge >= 0.3 is 0 Å². The van der Waals surface area contributed by atoms with E-state index in [-0.39, 0.29) is 11.8 Å². The van der Waals surface area contributed by atoms with Gasteiger partial charge in [-0.05, 0) is 43.7 Å². The highest BCUT2D eigenvalue weighted by Crippen LogP contribution is 2.31. The summed E-state index contributed by atoms with van der Waals surface area (Å²) in [6.45, 7) is 3.35. The largest absolute Gasteiger partial charge is 0.385 e. The number of aliphatic hydroxyl groups is 1. The van der Waals surface area contributed by atoms with Gasteiger partial charge in [-0.3, -0.25) is 4.79 Å². The Hall–Kier alpha value is -2.41. The van der Waals surface area contributed by atoms with Gasteiger partial charge in [-0.1, -0.05) is 0 Å². The van der Waals surface area contributed by atoms with Crippen LogP contribution in [0.5, 0.6) is 0 Å². The molecule has 2 aromatic heterocycles. The molecule has 1 amide bonds. The number of carbonyl (C=O) groups excluding carboxylic acids is 1. The minimum absolute atomic E-state index is 0.108. The summed E-state index contributed by atoms with van der Waals surface area (Å²) in [4.78, 5) is 25.5. The van der Waals surface area contributed by atoms with E-state index in [9.17, 15) is 9.90 Å². The fourth-order valence-electron chi connectivity index (χ4n) is 4.14. The molecule has 7 heteroatoms. The van der Waals surface area contributed by atoms with E-state index in [1.54, 1.807) is 12.4 Å². The van der Waals surface area contributed by atoms with Crippen LogP contribution in [0.2, 0.25) is 0 Å². The number of aromatic nitrogens is 3. The molecule has 2 fully saturated rings. The van der Waals surface area contributed by atoms with E-state index < -0.39 is 6.10 Å². The molecule has 27 heavy (non-hydrogen) atoms. The highest BCUT2D eigenvalue weighted by Gasteiger charge is 2.29. The molecule has 0 radical (unpaired) electrons. The quantitative estimate of drug-likeness (QED) is 0.892. The van der Waals surface area contributed by atoms with Crippen LogP contribution in [-0.2, 0) is 7.05 Å². The molecular formula is C20H27N5O2. The second-order valence-corrected chi connectivity index (χ2v) is 7.57. The fraction of sp³-hybridized carbons (Fsp3) is 0.550. The molecule has 2 aliphatic heterocycles. The molecule has 0 aliphatic carbocycles. The third kappa shape index (κ3) is 3.69. The van der Waals surface area contributed by atoms with Crippen LogP contribution in [0, 0.1) is 5.92 Å². The number of hydrogen-bond donors (Lipinski definition) is 1. The number of aliphatic hydroxyl groups excluding tert-OH is 1. The average molecular weight is 369 g/mol. The summed E-state index contributed by atoms with van der Waals surface area (Å²) in [6.07, 6.45) is 8.71. The molecule has 1 atom stereocenters. The lowest BCUT2D eigenvalue weighted by Crippen LogP contribution is -2.36. The minimum atomic E-state index is -0.539. The van der Waals surface area contributed by atoms with Crippen molar-refractivity contribution in [1.29, 1.82) is 0 Å². The molecule has 0 saturated carbocycles. The summed E-state index contributed by atoms with van der Waals surface area (Å²) in [5, 5.41) is 10.6. The zero-order chi connectivity index (χ0) is 18.8. The van der Waals surface area contributed by atoms with E-state index in [0.717, 1.165) is 69.1 Å². The summed E-state index contributed by atoms with van der Waals surface area (Å²) in [7, 11) is 1.91. The first kappa shape index (κ1) is 18.0. The molecule has 1 N–H and O–H groups in total. The van der Waals surface area contributed by atoms with E-state index in [0.29, 0.717) is 0 Å². The van der Waals surface area contributed by atoms with Crippen molar-refractivity contribution in [2.24, 2.45) is 13.0 Å². The van der Waals surface area contributed by atoms with Crippen molar-refractivity contribution in [3.63, 3.8) is 0 Å². The Morgan fingerprint density at radius 1 is 1.15 bits per heavy atom. The van der Waals surface area contributed by atoms with Crippen molar-refractivity contribution < 1.29 is 9.90 Å². The molecule has 2 aliphatic rings. The molecule has 0 spiro atoms. The fourth-order valence-corrected chi connectivity index (χ4v) is 4.14. The molecule has 7 nitrogen and oxygen atoms in total. The van der Waals surface area contributed by atoms with Crippen LogP contribution in [-0.4, -0.2) is 56.6 Å². The Morgan fingerprint density at radius 2 is 1.89 bits per heavy atom. The number of anilines is 1. The predicted octanol–water partition coefficient (Wildman–Crippen LogP) is 2.00. The van der Waals surface area contributed by atoms with Gasteiger partial charge in [-0.25, -0.2) is 9.97 Å². The third-order valence-electron chi connectivity index (χ3n) is 5.82. The Balaban J connectivity index is 1.40. The van der Waals surface area contributed by atoms with E-state index >= 15 is 0 Å². The SMILES string of the molecule is Cn1ccnc1C(O)C1CCN(c2cc(C(=O)N3CCCC3)ccn2)CC1. The smallest absolute Gasteiger partial charge is 0.254 e.